The van der Waals surface area contributed by atoms with Crippen molar-refractivity contribution in [3.63, 3.8) is 0 Å². The molecule has 1 heterocycles. The fourth-order valence-electron chi connectivity index (χ4n) is 1.98. The number of nitrogens with zero attached hydrogens (tertiary/aromatic N) is 5. The van der Waals surface area contributed by atoms with Crippen LogP contribution in [0.15, 0.2) is 54.6 Å². The zero-order valence-corrected chi connectivity index (χ0v) is 12.4. The highest BCUT2D eigenvalue weighted by Crippen LogP contribution is 2.12. The number of tetrazole rings is 1. The second kappa shape index (κ2) is 6.31. The molecule has 0 aliphatic heterocycles. The number of aromatic nitrogens is 4. The number of nitro benzene ring substituents is 1. The summed E-state index contributed by atoms with van der Waals surface area (Å²) in [5.74, 6) is 0.609. The van der Waals surface area contributed by atoms with Gasteiger partial charge in [-0.05, 0) is 34.2 Å². The number of para-hydroxylation sites is 1. The summed E-state index contributed by atoms with van der Waals surface area (Å²) in [7, 11) is 0. The van der Waals surface area contributed by atoms with Crippen molar-refractivity contribution in [1.29, 1.82) is 0 Å². The SMILES string of the molecule is Cc1nn(-c2ccccc2)[n+](-c2ccc([N+](=O)[O-])cc2)n1.[Cl-]. The molecule has 22 heavy (non-hydrogen) atoms. The molecule has 0 amide bonds. The summed E-state index contributed by atoms with van der Waals surface area (Å²) in [6, 6.07) is 15.7. The number of hydrogen-bond donors (Lipinski definition) is 0. The predicted molar refractivity (Wildman–Crippen MR) is 74.3 cm³/mol. The predicted octanol–water partition coefficient (Wildman–Crippen LogP) is -1.24. The molecular formula is C14H12ClN5O2. The molecule has 0 aliphatic rings. The summed E-state index contributed by atoms with van der Waals surface area (Å²) in [4.78, 5) is 13.5. The van der Waals surface area contributed by atoms with Crippen LogP contribution in [0.25, 0.3) is 11.4 Å². The Morgan fingerprint density at radius 1 is 1.09 bits per heavy atom. The van der Waals surface area contributed by atoms with Crippen molar-refractivity contribution in [2.45, 2.75) is 6.92 Å². The largest absolute Gasteiger partial charge is 1.00 e. The Morgan fingerprint density at radius 3 is 2.32 bits per heavy atom. The lowest BCUT2D eigenvalue weighted by molar-refractivity contribution is -0.735. The van der Waals surface area contributed by atoms with Gasteiger partial charge in [-0.2, -0.15) is 0 Å². The Bertz CT molecular complexity index is 787. The molecule has 3 aromatic rings. The molecular weight excluding hydrogens is 306 g/mol. The molecule has 8 heteroatoms. The molecule has 1 aromatic heterocycles. The minimum absolute atomic E-state index is 0. The van der Waals surface area contributed by atoms with E-state index in [1.807, 2.05) is 30.3 Å². The fraction of sp³-hybridized carbons (Fsp3) is 0.0714. The van der Waals surface area contributed by atoms with Gasteiger partial charge in [0.2, 0.25) is 0 Å². The molecule has 0 spiro atoms. The maximum absolute atomic E-state index is 10.7. The van der Waals surface area contributed by atoms with E-state index in [-0.39, 0.29) is 18.1 Å². The molecule has 0 N–H and O–H groups in total. The van der Waals surface area contributed by atoms with Crippen LogP contribution in [-0.4, -0.2) is 19.9 Å². The molecule has 0 atom stereocenters. The lowest BCUT2D eigenvalue weighted by Gasteiger charge is -1.99. The first-order valence-electron chi connectivity index (χ1n) is 6.32. The summed E-state index contributed by atoms with van der Waals surface area (Å²) in [5.41, 5.74) is 1.60. The van der Waals surface area contributed by atoms with Crippen molar-refractivity contribution in [3.8, 4) is 11.4 Å². The van der Waals surface area contributed by atoms with Crippen LogP contribution in [-0.2, 0) is 0 Å². The Hall–Kier alpha value is -2.80. The lowest BCUT2D eigenvalue weighted by Crippen LogP contribution is -3.00. The maximum Gasteiger partial charge on any atom is 0.306 e. The van der Waals surface area contributed by atoms with E-state index in [0.717, 1.165) is 5.69 Å². The highest BCUT2D eigenvalue weighted by atomic mass is 35.5. The smallest absolute Gasteiger partial charge is 0.306 e. The lowest BCUT2D eigenvalue weighted by atomic mass is 10.3. The van der Waals surface area contributed by atoms with E-state index >= 15 is 0 Å². The van der Waals surface area contributed by atoms with Gasteiger partial charge in [-0.15, -0.1) is 0 Å². The van der Waals surface area contributed by atoms with Gasteiger partial charge in [0.1, 0.15) is 5.69 Å². The molecule has 0 radical (unpaired) electrons. The van der Waals surface area contributed by atoms with Crippen molar-refractivity contribution in [2.24, 2.45) is 0 Å². The van der Waals surface area contributed by atoms with Gasteiger partial charge in [-0.3, -0.25) is 10.1 Å². The van der Waals surface area contributed by atoms with Crippen molar-refractivity contribution in [2.75, 3.05) is 0 Å². The second-order valence-electron chi connectivity index (χ2n) is 4.44. The van der Waals surface area contributed by atoms with Crippen LogP contribution < -0.4 is 17.2 Å². The Balaban J connectivity index is 0.00000176. The Kier molecular flexibility index (Phi) is 4.47. The fourth-order valence-corrected chi connectivity index (χ4v) is 1.98. The molecule has 0 aliphatic carbocycles. The maximum atomic E-state index is 10.7. The molecule has 0 saturated heterocycles. The molecule has 2 aromatic carbocycles. The van der Waals surface area contributed by atoms with E-state index in [4.69, 9.17) is 0 Å². The van der Waals surface area contributed by atoms with Crippen LogP contribution in [0.4, 0.5) is 5.69 Å². The first-order chi connectivity index (χ1) is 10.1. The quantitative estimate of drug-likeness (QED) is 0.344. The number of aryl methyl sites for hydroxylation is 1. The Morgan fingerprint density at radius 2 is 1.73 bits per heavy atom. The third kappa shape index (κ3) is 2.94. The topological polar surface area (TPSA) is 77.7 Å². The summed E-state index contributed by atoms with van der Waals surface area (Å²) in [5, 5.41) is 19.4. The van der Waals surface area contributed by atoms with Crippen LogP contribution >= 0.6 is 0 Å². The van der Waals surface area contributed by atoms with Gasteiger partial charge < -0.3 is 12.4 Å². The highest BCUT2D eigenvalue weighted by Gasteiger charge is 2.19. The van der Waals surface area contributed by atoms with Gasteiger partial charge in [-0.1, -0.05) is 18.2 Å². The average molecular weight is 318 g/mol. The van der Waals surface area contributed by atoms with Crippen LogP contribution in [0.3, 0.4) is 0 Å². The summed E-state index contributed by atoms with van der Waals surface area (Å²) in [6.45, 7) is 1.79. The van der Waals surface area contributed by atoms with Crippen molar-refractivity contribution in [1.82, 2.24) is 15.0 Å². The van der Waals surface area contributed by atoms with E-state index in [9.17, 15) is 10.1 Å². The third-order valence-electron chi connectivity index (χ3n) is 2.94. The van der Waals surface area contributed by atoms with Gasteiger partial charge in [-0.25, -0.2) is 0 Å². The second-order valence-corrected chi connectivity index (χ2v) is 4.44. The van der Waals surface area contributed by atoms with Gasteiger partial charge in [0, 0.05) is 23.9 Å². The summed E-state index contributed by atoms with van der Waals surface area (Å²) >= 11 is 0. The van der Waals surface area contributed by atoms with Crippen LogP contribution in [0.1, 0.15) is 5.82 Å². The van der Waals surface area contributed by atoms with Crippen LogP contribution in [0.2, 0.25) is 0 Å². The van der Waals surface area contributed by atoms with E-state index < -0.39 is 4.92 Å². The number of rotatable bonds is 3. The zero-order chi connectivity index (χ0) is 14.8. The number of non-ortho nitro benzene ring substituents is 1. The first-order valence-corrected chi connectivity index (χ1v) is 6.32. The first kappa shape index (κ1) is 15.6. The van der Waals surface area contributed by atoms with Gasteiger partial charge in [0.25, 0.3) is 5.69 Å². The monoisotopic (exact) mass is 317 g/mol. The molecule has 112 valence electrons. The van der Waals surface area contributed by atoms with E-state index in [0.29, 0.717) is 11.5 Å². The molecule has 7 nitrogen and oxygen atoms in total. The van der Waals surface area contributed by atoms with E-state index in [1.54, 1.807) is 28.6 Å². The van der Waals surface area contributed by atoms with Gasteiger partial charge >= 0.3 is 5.82 Å². The van der Waals surface area contributed by atoms with Crippen molar-refractivity contribution in [3.05, 3.63) is 70.5 Å². The molecule has 0 bridgehead atoms. The number of halogens is 1. The van der Waals surface area contributed by atoms with Crippen molar-refractivity contribution < 1.29 is 22.1 Å². The minimum atomic E-state index is -0.429. The van der Waals surface area contributed by atoms with E-state index in [1.165, 1.54) is 12.1 Å². The molecule has 0 fully saturated rings. The van der Waals surface area contributed by atoms with Crippen molar-refractivity contribution >= 4 is 5.69 Å². The molecule has 0 saturated carbocycles. The van der Waals surface area contributed by atoms with Crippen LogP contribution in [0, 0.1) is 17.0 Å². The number of nitro groups is 1. The standard InChI is InChI=1S/C14H12N5O2.ClH/c1-11-15-17(12-5-3-2-4-6-12)18(16-11)13-7-9-14(10-8-13)19(20)21;/h2-10H,1H3;1H/q+1;/p-1. The average Bonchev–Trinajstić information content (AvgIpc) is 2.90. The van der Waals surface area contributed by atoms with E-state index in [2.05, 4.69) is 10.2 Å². The third-order valence-corrected chi connectivity index (χ3v) is 2.94. The Labute approximate surface area is 132 Å². The summed E-state index contributed by atoms with van der Waals surface area (Å²) < 4.78 is 0. The zero-order valence-electron chi connectivity index (χ0n) is 11.6. The van der Waals surface area contributed by atoms with Gasteiger partial charge in [0.05, 0.1) is 10.0 Å². The normalized spacial score (nSPS) is 10.0. The minimum Gasteiger partial charge on any atom is -1.00 e. The highest BCUT2D eigenvalue weighted by molar-refractivity contribution is 5.36. The molecule has 0 unspecified atom stereocenters. The number of hydrogen-bond acceptors (Lipinski definition) is 4. The van der Waals surface area contributed by atoms with Gasteiger partial charge in [0.15, 0.2) is 5.69 Å². The molecule has 3 rings (SSSR count). The summed E-state index contributed by atoms with van der Waals surface area (Å²) in [6.07, 6.45) is 0. The number of benzene rings is 2. The van der Waals surface area contributed by atoms with Crippen LogP contribution in [0.5, 0.6) is 0 Å².